The number of anilines is 1. The van der Waals surface area contributed by atoms with E-state index in [1.54, 1.807) is 19.1 Å². The fourth-order valence-corrected chi connectivity index (χ4v) is 2.31. The number of benzene rings is 1. The predicted octanol–water partition coefficient (Wildman–Crippen LogP) is 3.25. The number of hydrogen-bond acceptors (Lipinski definition) is 4. The second kappa shape index (κ2) is 5.73. The third kappa shape index (κ3) is 2.46. The Bertz CT molecular complexity index is 668. The summed E-state index contributed by atoms with van der Waals surface area (Å²) in [4.78, 5) is 15.7. The lowest BCUT2D eigenvalue weighted by atomic mass is 10.2. The van der Waals surface area contributed by atoms with E-state index in [-0.39, 0.29) is 18.1 Å². The van der Waals surface area contributed by atoms with Crippen molar-refractivity contribution in [2.75, 3.05) is 12.3 Å². The van der Waals surface area contributed by atoms with Crippen LogP contribution in [0.15, 0.2) is 18.5 Å². The smallest absolute Gasteiger partial charge is 0.360 e. The summed E-state index contributed by atoms with van der Waals surface area (Å²) in [6.07, 6.45) is 1.40. The van der Waals surface area contributed by atoms with Crippen molar-refractivity contribution >= 4 is 35.0 Å². The van der Waals surface area contributed by atoms with Gasteiger partial charge in [0.2, 0.25) is 0 Å². The Morgan fingerprint density at radius 3 is 2.80 bits per heavy atom. The number of hydrogen-bond donors (Lipinski definition) is 1. The molecule has 20 heavy (non-hydrogen) atoms. The van der Waals surface area contributed by atoms with Crippen molar-refractivity contribution in [1.29, 1.82) is 0 Å². The van der Waals surface area contributed by atoms with Gasteiger partial charge in [-0.1, -0.05) is 29.3 Å². The van der Waals surface area contributed by atoms with Crippen molar-refractivity contribution < 1.29 is 9.53 Å². The number of carbonyl (C=O) groups excluding carboxylic acids is 1. The van der Waals surface area contributed by atoms with Gasteiger partial charge in [-0.15, -0.1) is 0 Å². The summed E-state index contributed by atoms with van der Waals surface area (Å²) < 4.78 is 6.36. The molecule has 0 aliphatic carbocycles. The summed E-state index contributed by atoms with van der Waals surface area (Å²) in [5.74, 6) is -0.443. The molecule has 0 saturated heterocycles. The molecule has 0 aliphatic heterocycles. The number of nitrogens with two attached hydrogens (primary N) is 1. The Kier molecular flexibility index (Phi) is 4.20. The minimum Gasteiger partial charge on any atom is -0.461 e. The van der Waals surface area contributed by atoms with E-state index in [4.69, 9.17) is 33.7 Å². The van der Waals surface area contributed by atoms with E-state index in [2.05, 4.69) is 4.98 Å². The maximum atomic E-state index is 11.7. The quantitative estimate of drug-likeness (QED) is 0.883. The molecule has 7 heteroatoms. The lowest BCUT2D eigenvalue weighted by molar-refractivity contribution is 0.0521. The molecule has 1 heterocycles. The molecule has 2 N–H and O–H groups in total. The fourth-order valence-electron chi connectivity index (χ4n) is 1.76. The minimum absolute atomic E-state index is 0.0421. The number of halogens is 2. The molecule has 0 spiro atoms. The molecule has 5 nitrogen and oxygen atoms in total. The number of imidazole rings is 1. The molecule has 0 bridgehead atoms. The van der Waals surface area contributed by atoms with Gasteiger partial charge in [-0.05, 0) is 25.5 Å². The summed E-state index contributed by atoms with van der Waals surface area (Å²) in [5, 5.41) is 0.872. The predicted molar refractivity (Wildman–Crippen MR) is 78.7 cm³/mol. The van der Waals surface area contributed by atoms with Crippen LogP contribution in [0, 0.1) is 6.92 Å². The lowest BCUT2D eigenvalue weighted by Crippen LogP contribution is -2.10. The van der Waals surface area contributed by atoms with Crippen LogP contribution < -0.4 is 5.73 Å². The maximum Gasteiger partial charge on any atom is 0.360 e. The Morgan fingerprint density at radius 2 is 2.15 bits per heavy atom. The molecular formula is C13H13Cl2N3O2. The first-order chi connectivity index (χ1) is 9.47. The van der Waals surface area contributed by atoms with E-state index in [0.717, 1.165) is 5.56 Å². The van der Waals surface area contributed by atoms with Crippen LogP contribution in [0.4, 0.5) is 5.82 Å². The third-order valence-electron chi connectivity index (χ3n) is 2.77. The van der Waals surface area contributed by atoms with Crippen LogP contribution in [-0.4, -0.2) is 22.1 Å². The normalized spacial score (nSPS) is 10.6. The zero-order valence-corrected chi connectivity index (χ0v) is 12.5. The Balaban J connectivity index is 2.56. The molecule has 106 valence electrons. The van der Waals surface area contributed by atoms with Crippen LogP contribution in [0.3, 0.4) is 0 Å². The molecule has 0 unspecified atom stereocenters. The molecule has 0 fully saturated rings. The first-order valence-corrected chi connectivity index (χ1v) is 6.67. The number of carbonyl (C=O) groups is 1. The van der Waals surface area contributed by atoms with Gasteiger partial charge in [-0.25, -0.2) is 9.78 Å². The first-order valence-electron chi connectivity index (χ1n) is 5.92. The molecule has 0 atom stereocenters. The molecule has 0 radical (unpaired) electrons. The van der Waals surface area contributed by atoms with E-state index in [0.29, 0.717) is 15.7 Å². The minimum atomic E-state index is -0.580. The summed E-state index contributed by atoms with van der Waals surface area (Å²) in [6.45, 7) is 3.80. The highest BCUT2D eigenvalue weighted by atomic mass is 35.5. The van der Waals surface area contributed by atoms with Gasteiger partial charge in [-0.3, -0.25) is 4.57 Å². The van der Waals surface area contributed by atoms with Crippen LogP contribution in [-0.2, 0) is 4.74 Å². The molecule has 0 amide bonds. The number of esters is 1. The first kappa shape index (κ1) is 14.7. The lowest BCUT2D eigenvalue weighted by Gasteiger charge is -2.11. The van der Waals surface area contributed by atoms with Gasteiger partial charge in [-0.2, -0.15) is 0 Å². The average molecular weight is 314 g/mol. The second-order valence-electron chi connectivity index (χ2n) is 4.10. The van der Waals surface area contributed by atoms with Crippen molar-refractivity contribution in [3.8, 4) is 5.69 Å². The zero-order valence-electron chi connectivity index (χ0n) is 11.0. The van der Waals surface area contributed by atoms with E-state index < -0.39 is 5.97 Å². The third-order valence-corrected chi connectivity index (χ3v) is 3.56. The standard InChI is InChI=1S/C13H13Cl2N3O2/c1-3-20-13(19)10-12(16)18(6-17-10)11-8(14)5-4-7(2)9(11)15/h4-6H,3,16H2,1-2H3. The van der Waals surface area contributed by atoms with Gasteiger partial charge in [0.1, 0.15) is 12.1 Å². The average Bonchev–Trinajstić information content (AvgIpc) is 2.77. The van der Waals surface area contributed by atoms with Gasteiger partial charge in [0.15, 0.2) is 5.69 Å². The summed E-state index contributed by atoms with van der Waals surface area (Å²) in [6, 6.07) is 3.51. The molecule has 1 aromatic carbocycles. The summed E-state index contributed by atoms with van der Waals surface area (Å²) >= 11 is 12.4. The molecular weight excluding hydrogens is 301 g/mol. The number of nitrogen functional groups attached to an aromatic ring is 1. The van der Waals surface area contributed by atoms with Crippen LogP contribution in [0.2, 0.25) is 10.0 Å². The van der Waals surface area contributed by atoms with Crippen molar-refractivity contribution in [2.45, 2.75) is 13.8 Å². The molecule has 0 aliphatic rings. The van der Waals surface area contributed by atoms with Gasteiger partial charge in [0.25, 0.3) is 0 Å². The van der Waals surface area contributed by atoms with E-state index in [1.807, 2.05) is 6.92 Å². The van der Waals surface area contributed by atoms with E-state index >= 15 is 0 Å². The van der Waals surface area contributed by atoms with Crippen LogP contribution in [0.1, 0.15) is 23.0 Å². The van der Waals surface area contributed by atoms with E-state index in [1.165, 1.54) is 10.9 Å². The van der Waals surface area contributed by atoms with Gasteiger partial charge in [0, 0.05) is 0 Å². The fraction of sp³-hybridized carbons (Fsp3) is 0.231. The molecule has 2 rings (SSSR count). The van der Waals surface area contributed by atoms with Crippen LogP contribution in [0.25, 0.3) is 5.69 Å². The molecule has 0 saturated carbocycles. The van der Waals surface area contributed by atoms with Crippen molar-refractivity contribution in [3.05, 3.63) is 39.8 Å². The maximum absolute atomic E-state index is 11.7. The largest absolute Gasteiger partial charge is 0.461 e. The Hall–Kier alpha value is -1.72. The topological polar surface area (TPSA) is 70.1 Å². The number of rotatable bonds is 3. The molecule has 2 aromatic rings. The number of ether oxygens (including phenoxy) is 1. The highest BCUT2D eigenvalue weighted by Crippen LogP contribution is 2.33. The van der Waals surface area contributed by atoms with Gasteiger partial charge >= 0.3 is 5.97 Å². The van der Waals surface area contributed by atoms with Crippen molar-refractivity contribution in [2.24, 2.45) is 0 Å². The van der Waals surface area contributed by atoms with Crippen LogP contribution >= 0.6 is 23.2 Å². The van der Waals surface area contributed by atoms with Crippen molar-refractivity contribution in [1.82, 2.24) is 9.55 Å². The summed E-state index contributed by atoms with van der Waals surface area (Å²) in [7, 11) is 0. The Morgan fingerprint density at radius 1 is 1.45 bits per heavy atom. The van der Waals surface area contributed by atoms with Crippen molar-refractivity contribution in [3.63, 3.8) is 0 Å². The highest BCUT2D eigenvalue weighted by Gasteiger charge is 2.20. The van der Waals surface area contributed by atoms with Crippen LogP contribution in [0.5, 0.6) is 0 Å². The molecule has 1 aromatic heterocycles. The number of aromatic nitrogens is 2. The summed E-state index contributed by atoms with van der Waals surface area (Å²) in [5.41, 5.74) is 7.32. The monoisotopic (exact) mass is 313 g/mol. The Labute approximate surface area is 126 Å². The van der Waals surface area contributed by atoms with Gasteiger partial charge < -0.3 is 10.5 Å². The van der Waals surface area contributed by atoms with Gasteiger partial charge in [0.05, 0.1) is 22.3 Å². The number of nitrogens with zero attached hydrogens (tertiary/aromatic N) is 2. The van der Waals surface area contributed by atoms with E-state index in [9.17, 15) is 4.79 Å². The number of aryl methyl sites for hydroxylation is 1. The zero-order chi connectivity index (χ0) is 14.9. The second-order valence-corrected chi connectivity index (χ2v) is 4.88. The highest BCUT2D eigenvalue weighted by molar-refractivity contribution is 6.38. The SMILES string of the molecule is CCOC(=O)c1ncn(-c2c(Cl)ccc(C)c2Cl)c1N.